The maximum absolute atomic E-state index is 12.8. The fraction of sp³-hybridized carbons (Fsp3) is 0.263. The van der Waals surface area contributed by atoms with Crippen molar-refractivity contribution in [3.63, 3.8) is 0 Å². The molecule has 118 valence electrons. The van der Waals surface area contributed by atoms with E-state index < -0.39 is 17.2 Å². The number of hydrogen-bond acceptors (Lipinski definition) is 4. The molecule has 2 aromatic rings. The predicted molar refractivity (Wildman–Crippen MR) is 86.1 cm³/mol. The Hall–Kier alpha value is -2.46. The summed E-state index contributed by atoms with van der Waals surface area (Å²) in [6.45, 7) is 7.12. The summed E-state index contributed by atoms with van der Waals surface area (Å²) in [7, 11) is 0. The first kappa shape index (κ1) is 15.4. The van der Waals surface area contributed by atoms with Gasteiger partial charge in [0, 0.05) is 16.7 Å². The van der Waals surface area contributed by atoms with Crippen molar-refractivity contribution in [2.24, 2.45) is 0 Å². The number of hydrogen-bond donors (Lipinski definition) is 2. The summed E-state index contributed by atoms with van der Waals surface area (Å²) in [6, 6.07) is 6.34. The Kier molecular flexibility index (Phi) is 3.20. The molecule has 23 heavy (non-hydrogen) atoms. The average molecular weight is 310 g/mol. The average Bonchev–Trinajstić information content (AvgIpc) is 2.74. The van der Waals surface area contributed by atoms with E-state index in [2.05, 4.69) is 0 Å². The van der Waals surface area contributed by atoms with E-state index in [-0.39, 0.29) is 22.4 Å². The quantitative estimate of drug-likeness (QED) is 0.794. The van der Waals surface area contributed by atoms with Crippen molar-refractivity contribution in [1.82, 2.24) is 0 Å². The van der Waals surface area contributed by atoms with Crippen molar-refractivity contribution < 1.29 is 19.8 Å². The maximum atomic E-state index is 12.8. The van der Waals surface area contributed by atoms with Crippen molar-refractivity contribution in [3.8, 4) is 5.75 Å². The van der Waals surface area contributed by atoms with E-state index in [0.717, 1.165) is 11.1 Å². The minimum absolute atomic E-state index is 0.00398. The van der Waals surface area contributed by atoms with Gasteiger partial charge in [0.15, 0.2) is 0 Å². The molecule has 0 atom stereocenters. The van der Waals surface area contributed by atoms with Crippen molar-refractivity contribution >= 4 is 11.6 Å². The molecule has 0 saturated carbocycles. The van der Waals surface area contributed by atoms with Crippen LogP contribution >= 0.6 is 0 Å². The van der Waals surface area contributed by atoms with Gasteiger partial charge in [-0.15, -0.1) is 0 Å². The number of phenolic OH excluding ortho intramolecular Hbond substituents is 1. The normalized spacial score (nSPS) is 15.9. The highest BCUT2D eigenvalue weighted by molar-refractivity contribution is 6.32. The van der Waals surface area contributed by atoms with E-state index in [1.54, 1.807) is 26.0 Å². The summed E-state index contributed by atoms with van der Waals surface area (Å²) >= 11 is 0. The first-order valence-corrected chi connectivity index (χ1v) is 7.43. The van der Waals surface area contributed by atoms with Crippen LogP contribution in [0.5, 0.6) is 5.75 Å². The second-order valence-corrected chi connectivity index (χ2v) is 6.14. The molecule has 0 saturated heterocycles. The van der Waals surface area contributed by atoms with Gasteiger partial charge in [-0.1, -0.05) is 24.3 Å². The molecular weight excluding hydrogens is 292 g/mol. The fourth-order valence-corrected chi connectivity index (χ4v) is 3.33. The van der Waals surface area contributed by atoms with Gasteiger partial charge in [-0.05, 0) is 49.9 Å². The molecule has 2 N–H and O–H groups in total. The molecule has 0 bridgehead atoms. The standard InChI is InChI=1S/C19H18O4/c1-9-10(2)12(4)16(20)15(11(9)3)19(23)17(21)13-7-5-6-8-14(13)18(19)22/h5-8,20,23H,1-4H3. The van der Waals surface area contributed by atoms with Crippen molar-refractivity contribution in [3.05, 3.63) is 63.2 Å². The van der Waals surface area contributed by atoms with Crippen LogP contribution in [0.4, 0.5) is 0 Å². The van der Waals surface area contributed by atoms with Gasteiger partial charge in [-0.2, -0.15) is 0 Å². The zero-order valence-electron chi connectivity index (χ0n) is 13.5. The van der Waals surface area contributed by atoms with Crippen LogP contribution in [0.3, 0.4) is 0 Å². The number of rotatable bonds is 1. The van der Waals surface area contributed by atoms with E-state index >= 15 is 0 Å². The molecule has 4 nitrogen and oxygen atoms in total. The number of carbonyl (C=O) groups is 2. The summed E-state index contributed by atoms with van der Waals surface area (Å²) in [6.07, 6.45) is 0. The van der Waals surface area contributed by atoms with Crippen LogP contribution in [0, 0.1) is 27.7 Å². The molecule has 0 aromatic heterocycles. The number of carbonyl (C=O) groups excluding carboxylic acids is 2. The Bertz CT molecular complexity index is 813. The third-order valence-corrected chi connectivity index (χ3v) is 5.09. The van der Waals surface area contributed by atoms with Crippen molar-refractivity contribution in [2.75, 3.05) is 0 Å². The lowest BCUT2D eigenvalue weighted by Gasteiger charge is -2.26. The highest BCUT2D eigenvalue weighted by Crippen LogP contribution is 2.45. The van der Waals surface area contributed by atoms with Gasteiger partial charge in [0.25, 0.3) is 0 Å². The fourth-order valence-electron chi connectivity index (χ4n) is 3.33. The molecule has 0 unspecified atom stereocenters. The summed E-state index contributed by atoms with van der Waals surface area (Å²) < 4.78 is 0. The molecule has 1 aliphatic rings. The molecule has 4 heteroatoms. The molecule has 0 amide bonds. The predicted octanol–water partition coefficient (Wildman–Crippen LogP) is 2.89. The van der Waals surface area contributed by atoms with Gasteiger partial charge in [0.2, 0.25) is 17.2 Å². The number of ketones is 2. The van der Waals surface area contributed by atoms with Crippen LogP contribution in [-0.2, 0) is 5.60 Å². The summed E-state index contributed by atoms with van der Waals surface area (Å²) in [4.78, 5) is 25.5. The second kappa shape index (κ2) is 4.77. The monoisotopic (exact) mass is 310 g/mol. The van der Waals surface area contributed by atoms with E-state index in [9.17, 15) is 19.8 Å². The van der Waals surface area contributed by atoms with Gasteiger partial charge in [0.05, 0.1) is 0 Å². The van der Waals surface area contributed by atoms with Gasteiger partial charge in [-0.3, -0.25) is 9.59 Å². The summed E-state index contributed by atoms with van der Waals surface area (Å²) in [5, 5.41) is 21.6. The Morgan fingerprint density at radius 1 is 0.783 bits per heavy atom. The van der Waals surface area contributed by atoms with Crippen LogP contribution in [0.15, 0.2) is 24.3 Å². The van der Waals surface area contributed by atoms with E-state index in [1.807, 2.05) is 13.8 Å². The zero-order valence-corrected chi connectivity index (χ0v) is 13.5. The molecule has 3 rings (SSSR count). The van der Waals surface area contributed by atoms with Crippen LogP contribution in [0.2, 0.25) is 0 Å². The molecule has 0 heterocycles. The van der Waals surface area contributed by atoms with Crippen LogP contribution in [-0.4, -0.2) is 21.8 Å². The molecule has 2 aromatic carbocycles. The lowest BCUT2D eigenvalue weighted by molar-refractivity contribution is 0.0309. The van der Waals surface area contributed by atoms with Crippen LogP contribution in [0.1, 0.15) is 48.5 Å². The van der Waals surface area contributed by atoms with Gasteiger partial charge in [0.1, 0.15) is 5.75 Å². The van der Waals surface area contributed by atoms with Crippen LogP contribution in [0.25, 0.3) is 0 Å². The largest absolute Gasteiger partial charge is 0.507 e. The SMILES string of the molecule is Cc1c(C)c(C)c(C2(O)C(=O)c3ccccc3C2=O)c(O)c1C. The summed E-state index contributed by atoms with van der Waals surface area (Å²) in [5.74, 6) is -1.55. The lowest BCUT2D eigenvalue weighted by atomic mass is 9.81. The lowest BCUT2D eigenvalue weighted by Crippen LogP contribution is -2.39. The number of benzene rings is 2. The topological polar surface area (TPSA) is 74.6 Å². The number of aromatic hydroxyl groups is 1. The third-order valence-electron chi connectivity index (χ3n) is 5.09. The Labute approximate surface area is 134 Å². The molecule has 0 aliphatic heterocycles. The smallest absolute Gasteiger partial charge is 0.220 e. The van der Waals surface area contributed by atoms with Crippen molar-refractivity contribution in [1.29, 1.82) is 0 Å². The highest BCUT2D eigenvalue weighted by atomic mass is 16.3. The summed E-state index contributed by atoms with van der Waals surface area (Å²) in [5.41, 5.74) is 0.869. The van der Waals surface area contributed by atoms with Crippen molar-refractivity contribution in [2.45, 2.75) is 33.3 Å². The maximum Gasteiger partial charge on any atom is 0.220 e. The minimum atomic E-state index is -2.36. The minimum Gasteiger partial charge on any atom is -0.507 e. The second-order valence-electron chi connectivity index (χ2n) is 6.14. The first-order valence-electron chi connectivity index (χ1n) is 7.43. The number of fused-ring (bicyclic) bond motifs is 1. The molecular formula is C19H18O4. The molecule has 1 aliphatic carbocycles. The van der Waals surface area contributed by atoms with E-state index in [1.165, 1.54) is 12.1 Å². The van der Waals surface area contributed by atoms with Crippen LogP contribution < -0.4 is 0 Å². The van der Waals surface area contributed by atoms with Gasteiger partial charge in [-0.25, -0.2) is 0 Å². The third kappa shape index (κ3) is 1.75. The number of aliphatic hydroxyl groups is 1. The number of phenols is 1. The molecule has 0 spiro atoms. The Morgan fingerprint density at radius 3 is 1.70 bits per heavy atom. The highest BCUT2D eigenvalue weighted by Gasteiger charge is 2.55. The van der Waals surface area contributed by atoms with E-state index in [4.69, 9.17) is 0 Å². The Balaban J connectivity index is 2.37. The molecule has 0 radical (unpaired) electrons. The zero-order chi connectivity index (χ0) is 17.1. The van der Waals surface area contributed by atoms with Gasteiger partial charge >= 0.3 is 0 Å². The van der Waals surface area contributed by atoms with E-state index in [0.29, 0.717) is 11.1 Å². The first-order chi connectivity index (χ1) is 10.7. The Morgan fingerprint density at radius 2 is 1.22 bits per heavy atom. The van der Waals surface area contributed by atoms with Gasteiger partial charge < -0.3 is 10.2 Å². The molecule has 0 fully saturated rings. The number of Topliss-reactive ketones (excluding diaryl/α,β-unsaturated/α-hetero) is 2.